The SMILES string of the molecule is CCCC(=O)Nc1ccc(C(=O)COC(=O)c2ccc(-c3ccc([N+](=O)[O-])cc3)o2)cc1. The molecule has 0 fully saturated rings. The minimum absolute atomic E-state index is 0.0603. The summed E-state index contributed by atoms with van der Waals surface area (Å²) in [4.78, 5) is 46.3. The third-order valence-electron chi connectivity index (χ3n) is 4.47. The predicted octanol–water partition coefficient (Wildman–Crippen LogP) is 4.63. The molecular formula is C23H20N2O7. The molecule has 3 aromatic rings. The third kappa shape index (κ3) is 5.66. The Balaban J connectivity index is 1.56. The molecule has 0 bridgehead atoms. The lowest BCUT2D eigenvalue weighted by atomic mass is 10.1. The minimum atomic E-state index is -0.810. The summed E-state index contributed by atoms with van der Waals surface area (Å²) in [6.07, 6.45) is 1.15. The number of furan rings is 1. The van der Waals surface area contributed by atoms with Crippen molar-refractivity contribution in [1.82, 2.24) is 0 Å². The number of ketones is 1. The number of carbonyl (C=O) groups excluding carboxylic acids is 3. The van der Waals surface area contributed by atoms with Gasteiger partial charge in [0, 0.05) is 35.4 Å². The van der Waals surface area contributed by atoms with Gasteiger partial charge in [-0.2, -0.15) is 0 Å². The number of ether oxygens (including phenoxy) is 1. The molecule has 0 unspecified atom stereocenters. The summed E-state index contributed by atoms with van der Waals surface area (Å²) in [5.41, 5.74) is 1.40. The van der Waals surface area contributed by atoms with Crippen molar-refractivity contribution in [1.29, 1.82) is 0 Å². The summed E-state index contributed by atoms with van der Waals surface area (Å²) in [5, 5.41) is 13.5. The standard InChI is InChI=1S/C23H20N2O7/c1-2-3-22(27)24-17-8-4-15(5-9-17)19(26)14-31-23(28)21-13-12-20(32-21)16-6-10-18(11-7-16)25(29)30/h4-13H,2-3,14H2,1H3,(H,24,27). The number of nitro groups is 1. The van der Waals surface area contributed by atoms with Crippen LogP contribution in [0, 0.1) is 10.1 Å². The smallest absolute Gasteiger partial charge is 0.374 e. The van der Waals surface area contributed by atoms with Crippen LogP contribution >= 0.6 is 0 Å². The van der Waals surface area contributed by atoms with E-state index in [0.717, 1.165) is 6.42 Å². The van der Waals surface area contributed by atoms with Gasteiger partial charge < -0.3 is 14.5 Å². The number of hydrogen-bond donors (Lipinski definition) is 1. The summed E-state index contributed by atoms with van der Waals surface area (Å²) in [5.74, 6) is -1.09. The zero-order chi connectivity index (χ0) is 23.1. The Labute approximate surface area is 183 Å². The van der Waals surface area contributed by atoms with Gasteiger partial charge in [-0.15, -0.1) is 0 Å². The van der Waals surface area contributed by atoms with Gasteiger partial charge in [-0.3, -0.25) is 19.7 Å². The second-order valence-corrected chi connectivity index (χ2v) is 6.84. The van der Waals surface area contributed by atoms with Gasteiger partial charge in [0.05, 0.1) is 4.92 Å². The van der Waals surface area contributed by atoms with Gasteiger partial charge in [-0.05, 0) is 55.0 Å². The first-order chi connectivity index (χ1) is 15.4. The first-order valence-corrected chi connectivity index (χ1v) is 9.82. The number of non-ortho nitro benzene ring substituents is 1. The molecule has 3 rings (SSSR count). The van der Waals surface area contributed by atoms with E-state index >= 15 is 0 Å². The number of carbonyl (C=O) groups is 3. The largest absolute Gasteiger partial charge is 0.451 e. The van der Waals surface area contributed by atoms with Gasteiger partial charge >= 0.3 is 5.97 Å². The van der Waals surface area contributed by atoms with Crippen molar-refractivity contribution in [2.45, 2.75) is 19.8 Å². The highest BCUT2D eigenvalue weighted by atomic mass is 16.6. The number of rotatable bonds is 9. The van der Waals surface area contributed by atoms with Crippen LogP contribution in [0.3, 0.4) is 0 Å². The molecule has 32 heavy (non-hydrogen) atoms. The average molecular weight is 436 g/mol. The van der Waals surface area contributed by atoms with Crippen LogP contribution in [-0.2, 0) is 9.53 Å². The first kappa shape index (κ1) is 22.4. The molecule has 0 aliphatic rings. The molecule has 0 aliphatic heterocycles. The zero-order valence-electron chi connectivity index (χ0n) is 17.2. The molecule has 164 valence electrons. The van der Waals surface area contributed by atoms with Crippen molar-refractivity contribution < 1.29 is 28.5 Å². The topological polar surface area (TPSA) is 129 Å². The number of esters is 1. The number of benzene rings is 2. The van der Waals surface area contributed by atoms with Crippen LogP contribution in [0.2, 0.25) is 0 Å². The highest BCUT2D eigenvalue weighted by molar-refractivity contribution is 5.99. The Kier molecular flexibility index (Phi) is 7.12. The van der Waals surface area contributed by atoms with Gasteiger partial charge in [-0.1, -0.05) is 6.92 Å². The average Bonchev–Trinajstić information content (AvgIpc) is 3.28. The lowest BCUT2D eigenvalue weighted by Crippen LogP contribution is -2.14. The Morgan fingerprint density at radius 3 is 2.31 bits per heavy atom. The molecule has 0 aliphatic carbocycles. The molecule has 9 heteroatoms. The van der Waals surface area contributed by atoms with E-state index in [1.165, 1.54) is 48.5 Å². The number of amides is 1. The van der Waals surface area contributed by atoms with Crippen molar-refractivity contribution in [3.63, 3.8) is 0 Å². The Morgan fingerprint density at radius 2 is 1.69 bits per heavy atom. The summed E-state index contributed by atoms with van der Waals surface area (Å²) in [6.45, 7) is 1.43. The third-order valence-corrected chi connectivity index (χ3v) is 4.47. The van der Waals surface area contributed by atoms with Crippen molar-refractivity contribution >= 4 is 29.0 Å². The molecule has 0 saturated heterocycles. The van der Waals surface area contributed by atoms with Crippen LogP contribution in [0.5, 0.6) is 0 Å². The fraction of sp³-hybridized carbons (Fsp3) is 0.174. The van der Waals surface area contributed by atoms with E-state index in [1.807, 2.05) is 6.92 Å². The van der Waals surface area contributed by atoms with E-state index in [2.05, 4.69) is 5.32 Å². The maximum Gasteiger partial charge on any atom is 0.374 e. The summed E-state index contributed by atoms with van der Waals surface area (Å²) in [7, 11) is 0. The number of nitro benzene ring substituents is 1. The van der Waals surface area contributed by atoms with Gasteiger partial charge in [0.2, 0.25) is 11.7 Å². The molecule has 1 aromatic heterocycles. The molecule has 9 nitrogen and oxygen atoms in total. The number of nitrogens with one attached hydrogen (secondary N) is 1. The second-order valence-electron chi connectivity index (χ2n) is 6.84. The van der Waals surface area contributed by atoms with Crippen LogP contribution in [0.25, 0.3) is 11.3 Å². The Morgan fingerprint density at radius 1 is 1.00 bits per heavy atom. The van der Waals surface area contributed by atoms with Crippen LogP contribution in [0.1, 0.15) is 40.7 Å². The first-order valence-electron chi connectivity index (χ1n) is 9.82. The van der Waals surface area contributed by atoms with Crippen LogP contribution in [0.15, 0.2) is 65.1 Å². The lowest BCUT2D eigenvalue weighted by molar-refractivity contribution is -0.384. The Bertz CT molecular complexity index is 1130. The number of nitrogens with zero attached hydrogens (tertiary/aromatic N) is 1. The number of anilines is 1. The molecule has 1 amide bonds. The van der Waals surface area contributed by atoms with Gasteiger partial charge in [0.25, 0.3) is 5.69 Å². The van der Waals surface area contributed by atoms with E-state index in [9.17, 15) is 24.5 Å². The van der Waals surface area contributed by atoms with Crippen LogP contribution < -0.4 is 5.32 Å². The van der Waals surface area contributed by atoms with Crippen molar-refractivity contribution in [2.24, 2.45) is 0 Å². The fourth-order valence-corrected chi connectivity index (χ4v) is 2.83. The summed E-state index contributed by atoms with van der Waals surface area (Å²) in [6, 6.07) is 14.9. The van der Waals surface area contributed by atoms with E-state index in [4.69, 9.17) is 9.15 Å². The normalized spacial score (nSPS) is 10.4. The fourth-order valence-electron chi connectivity index (χ4n) is 2.83. The van der Waals surface area contributed by atoms with Crippen LogP contribution in [0.4, 0.5) is 11.4 Å². The highest BCUT2D eigenvalue weighted by Gasteiger charge is 2.17. The van der Waals surface area contributed by atoms with Gasteiger partial charge in [0.15, 0.2) is 12.4 Å². The highest BCUT2D eigenvalue weighted by Crippen LogP contribution is 2.25. The van der Waals surface area contributed by atoms with Gasteiger partial charge in [0.1, 0.15) is 5.76 Å². The molecule has 0 spiro atoms. The van der Waals surface area contributed by atoms with E-state index < -0.39 is 23.3 Å². The molecule has 1 N–H and O–H groups in total. The molecular weight excluding hydrogens is 416 g/mol. The zero-order valence-corrected chi connectivity index (χ0v) is 17.2. The maximum atomic E-state index is 12.3. The quantitative estimate of drug-likeness (QED) is 0.224. The molecule has 0 saturated carbocycles. The lowest BCUT2D eigenvalue weighted by Gasteiger charge is -2.06. The van der Waals surface area contributed by atoms with Crippen LogP contribution in [-0.4, -0.2) is 29.2 Å². The summed E-state index contributed by atoms with van der Waals surface area (Å²) < 4.78 is 10.5. The summed E-state index contributed by atoms with van der Waals surface area (Å²) >= 11 is 0. The minimum Gasteiger partial charge on any atom is -0.451 e. The maximum absolute atomic E-state index is 12.3. The number of Topliss-reactive ketones (excluding diaryl/α,β-unsaturated/α-hetero) is 1. The predicted molar refractivity (Wildman–Crippen MR) is 115 cm³/mol. The second kappa shape index (κ2) is 10.2. The van der Waals surface area contributed by atoms with Crippen molar-refractivity contribution in [2.75, 3.05) is 11.9 Å². The molecule has 2 aromatic carbocycles. The molecule has 0 radical (unpaired) electrons. The number of hydrogen-bond acceptors (Lipinski definition) is 7. The van der Waals surface area contributed by atoms with Crippen molar-refractivity contribution in [3.8, 4) is 11.3 Å². The molecule has 0 atom stereocenters. The van der Waals surface area contributed by atoms with E-state index in [0.29, 0.717) is 29.0 Å². The van der Waals surface area contributed by atoms with E-state index in [1.54, 1.807) is 12.1 Å². The molecule has 1 heterocycles. The monoisotopic (exact) mass is 436 g/mol. The Hall–Kier alpha value is -4.27. The van der Waals surface area contributed by atoms with Crippen molar-refractivity contribution in [3.05, 3.63) is 82.1 Å². The van der Waals surface area contributed by atoms with E-state index in [-0.39, 0.29) is 17.4 Å². The van der Waals surface area contributed by atoms with Gasteiger partial charge in [-0.25, -0.2) is 4.79 Å².